The zero-order valence-electron chi connectivity index (χ0n) is 19.1. The number of pyridine rings is 1. The highest BCUT2D eigenvalue weighted by Gasteiger charge is 2.24. The fourth-order valence-electron chi connectivity index (χ4n) is 3.77. The van der Waals surface area contributed by atoms with E-state index in [0.717, 1.165) is 31.7 Å². The van der Waals surface area contributed by atoms with E-state index in [1.165, 1.54) is 18.9 Å². The van der Waals surface area contributed by atoms with E-state index in [1.807, 2.05) is 19.1 Å². The molecule has 0 bridgehead atoms. The number of anilines is 2. The van der Waals surface area contributed by atoms with Gasteiger partial charge in [0.05, 0.1) is 30.9 Å². The van der Waals surface area contributed by atoms with Crippen molar-refractivity contribution in [3.05, 3.63) is 71.9 Å². The summed E-state index contributed by atoms with van der Waals surface area (Å²) in [5.41, 5.74) is 2.84. The SMILES string of the molecule is COc1cc(C(=O)NC2CCN(Cc3ccncc3)C2)ccc1NC(=O)Nc1cnc(C)cn1. The van der Waals surface area contributed by atoms with Crippen LogP contribution in [0.4, 0.5) is 16.3 Å². The van der Waals surface area contributed by atoms with Gasteiger partial charge in [-0.25, -0.2) is 9.78 Å². The summed E-state index contributed by atoms with van der Waals surface area (Å²) in [6.07, 6.45) is 7.50. The van der Waals surface area contributed by atoms with Crippen molar-refractivity contribution >= 4 is 23.4 Å². The molecule has 34 heavy (non-hydrogen) atoms. The number of carbonyl (C=O) groups excluding carboxylic acids is 2. The van der Waals surface area contributed by atoms with Crippen LogP contribution in [0.25, 0.3) is 0 Å². The standard InChI is InChI=1S/C24H27N7O3/c1-16-12-27-22(13-26-16)30-24(33)29-20-4-3-18(11-21(20)34-2)23(32)28-19-7-10-31(15-19)14-17-5-8-25-9-6-17/h3-6,8-9,11-13,19H,7,10,14-15H2,1-2H3,(H,28,32)(H2,27,29,30,33). The smallest absolute Gasteiger partial charge is 0.324 e. The second-order valence-electron chi connectivity index (χ2n) is 8.09. The van der Waals surface area contributed by atoms with E-state index in [4.69, 9.17) is 4.74 Å². The third-order valence-electron chi connectivity index (χ3n) is 5.50. The number of aryl methyl sites for hydroxylation is 1. The highest BCUT2D eigenvalue weighted by molar-refractivity contribution is 6.01. The van der Waals surface area contributed by atoms with Crippen molar-refractivity contribution in [3.8, 4) is 5.75 Å². The molecular weight excluding hydrogens is 434 g/mol. The van der Waals surface area contributed by atoms with Gasteiger partial charge in [0.25, 0.3) is 5.91 Å². The molecule has 1 fully saturated rings. The number of carbonyl (C=O) groups is 2. The number of amides is 3. The predicted molar refractivity (Wildman–Crippen MR) is 128 cm³/mol. The van der Waals surface area contributed by atoms with E-state index in [1.54, 1.807) is 36.8 Å². The molecule has 1 unspecified atom stereocenters. The Morgan fingerprint density at radius 2 is 1.94 bits per heavy atom. The Bertz CT molecular complexity index is 1140. The van der Waals surface area contributed by atoms with Crippen molar-refractivity contribution in [2.24, 2.45) is 0 Å². The molecule has 0 saturated carbocycles. The molecule has 0 spiro atoms. The van der Waals surface area contributed by atoms with Crippen molar-refractivity contribution in [2.45, 2.75) is 25.9 Å². The summed E-state index contributed by atoms with van der Waals surface area (Å²) in [5, 5.41) is 8.41. The average Bonchev–Trinajstić information content (AvgIpc) is 3.27. The Balaban J connectivity index is 1.33. The lowest BCUT2D eigenvalue weighted by Gasteiger charge is -2.17. The van der Waals surface area contributed by atoms with Crippen LogP contribution in [0.3, 0.4) is 0 Å². The van der Waals surface area contributed by atoms with Crippen molar-refractivity contribution in [3.63, 3.8) is 0 Å². The molecule has 1 atom stereocenters. The summed E-state index contributed by atoms with van der Waals surface area (Å²) in [6, 6.07) is 8.49. The molecule has 1 saturated heterocycles. The molecule has 2 aromatic heterocycles. The number of nitrogens with one attached hydrogen (secondary N) is 3. The summed E-state index contributed by atoms with van der Waals surface area (Å²) >= 11 is 0. The Labute approximate surface area is 197 Å². The number of hydrogen-bond acceptors (Lipinski definition) is 7. The van der Waals surface area contributed by atoms with Crippen molar-refractivity contribution in [1.82, 2.24) is 25.2 Å². The molecule has 3 heterocycles. The second kappa shape index (κ2) is 10.7. The first-order chi connectivity index (χ1) is 16.5. The lowest BCUT2D eigenvalue weighted by molar-refractivity contribution is 0.0937. The van der Waals surface area contributed by atoms with E-state index in [-0.39, 0.29) is 11.9 Å². The highest BCUT2D eigenvalue weighted by Crippen LogP contribution is 2.26. The summed E-state index contributed by atoms with van der Waals surface area (Å²) < 4.78 is 5.39. The molecule has 1 aliphatic rings. The van der Waals surface area contributed by atoms with Crippen LogP contribution in [0.15, 0.2) is 55.1 Å². The normalized spacial score (nSPS) is 15.5. The number of aromatic nitrogens is 3. The summed E-state index contributed by atoms with van der Waals surface area (Å²) in [4.78, 5) is 39.7. The Kier molecular flexibility index (Phi) is 7.28. The largest absolute Gasteiger partial charge is 0.495 e. The molecule has 4 rings (SSSR count). The van der Waals surface area contributed by atoms with E-state index in [9.17, 15) is 9.59 Å². The van der Waals surface area contributed by atoms with Crippen LogP contribution in [0.5, 0.6) is 5.75 Å². The van der Waals surface area contributed by atoms with Crippen LogP contribution in [0, 0.1) is 6.92 Å². The molecular formula is C24H27N7O3. The molecule has 176 valence electrons. The first-order valence-corrected chi connectivity index (χ1v) is 11.0. The maximum absolute atomic E-state index is 12.8. The van der Waals surface area contributed by atoms with Crippen LogP contribution < -0.4 is 20.7 Å². The molecule has 0 aliphatic carbocycles. The molecule has 0 radical (unpaired) electrons. The van der Waals surface area contributed by atoms with Gasteiger partial charge in [0.1, 0.15) is 5.75 Å². The third kappa shape index (κ3) is 6.04. The molecule has 1 aliphatic heterocycles. The minimum Gasteiger partial charge on any atom is -0.495 e. The van der Waals surface area contributed by atoms with E-state index in [0.29, 0.717) is 22.8 Å². The number of methoxy groups -OCH3 is 1. The number of ether oxygens (including phenoxy) is 1. The molecule has 10 nitrogen and oxygen atoms in total. The van der Waals surface area contributed by atoms with Gasteiger partial charge < -0.3 is 15.4 Å². The summed E-state index contributed by atoms with van der Waals surface area (Å²) in [6.45, 7) is 4.34. The van der Waals surface area contributed by atoms with Crippen LogP contribution >= 0.6 is 0 Å². The monoisotopic (exact) mass is 461 g/mol. The summed E-state index contributed by atoms with van der Waals surface area (Å²) in [7, 11) is 1.49. The average molecular weight is 462 g/mol. The molecule has 1 aromatic carbocycles. The lowest BCUT2D eigenvalue weighted by atomic mass is 10.1. The zero-order chi connectivity index (χ0) is 23.9. The Morgan fingerprint density at radius 1 is 1.12 bits per heavy atom. The first kappa shape index (κ1) is 23.1. The van der Waals surface area contributed by atoms with Gasteiger partial charge in [-0.1, -0.05) is 0 Å². The molecule has 3 aromatic rings. The van der Waals surface area contributed by atoms with Crippen molar-refractivity contribution < 1.29 is 14.3 Å². The van der Waals surface area contributed by atoms with Gasteiger partial charge in [-0.3, -0.25) is 25.0 Å². The van der Waals surface area contributed by atoms with Gasteiger partial charge >= 0.3 is 6.03 Å². The maximum atomic E-state index is 12.8. The van der Waals surface area contributed by atoms with Gasteiger partial charge in [0.15, 0.2) is 5.82 Å². The van der Waals surface area contributed by atoms with Gasteiger partial charge in [-0.15, -0.1) is 0 Å². The molecule has 10 heteroatoms. The van der Waals surface area contributed by atoms with Crippen LogP contribution in [0.1, 0.15) is 28.0 Å². The van der Waals surface area contributed by atoms with Gasteiger partial charge in [0.2, 0.25) is 0 Å². The number of urea groups is 1. The first-order valence-electron chi connectivity index (χ1n) is 11.0. The number of likely N-dealkylation sites (tertiary alicyclic amines) is 1. The predicted octanol–water partition coefficient (Wildman–Crippen LogP) is 2.84. The third-order valence-corrected chi connectivity index (χ3v) is 5.50. The summed E-state index contributed by atoms with van der Waals surface area (Å²) in [5.74, 6) is 0.524. The molecule has 3 N–H and O–H groups in total. The molecule has 3 amide bonds. The second-order valence-corrected chi connectivity index (χ2v) is 8.09. The van der Waals surface area contributed by atoms with E-state index in [2.05, 4.69) is 35.8 Å². The quantitative estimate of drug-likeness (QED) is 0.495. The van der Waals surface area contributed by atoms with Crippen LogP contribution in [-0.2, 0) is 6.54 Å². The number of hydrogen-bond donors (Lipinski definition) is 3. The van der Waals surface area contributed by atoms with E-state index >= 15 is 0 Å². The fourth-order valence-corrected chi connectivity index (χ4v) is 3.77. The number of rotatable bonds is 7. The minimum atomic E-state index is -0.492. The minimum absolute atomic E-state index is 0.0690. The maximum Gasteiger partial charge on any atom is 0.324 e. The topological polar surface area (TPSA) is 121 Å². The van der Waals surface area contributed by atoms with Crippen molar-refractivity contribution in [1.29, 1.82) is 0 Å². The van der Waals surface area contributed by atoms with Crippen LogP contribution in [0.2, 0.25) is 0 Å². The number of nitrogens with zero attached hydrogens (tertiary/aromatic N) is 4. The highest BCUT2D eigenvalue weighted by atomic mass is 16.5. The number of benzene rings is 1. The van der Waals surface area contributed by atoms with Crippen molar-refractivity contribution in [2.75, 3.05) is 30.8 Å². The van der Waals surface area contributed by atoms with Gasteiger partial charge in [-0.05, 0) is 49.2 Å². The van der Waals surface area contributed by atoms with Crippen LogP contribution in [-0.4, -0.2) is 58.0 Å². The zero-order valence-corrected chi connectivity index (χ0v) is 19.1. The Morgan fingerprint density at radius 3 is 2.68 bits per heavy atom. The fraction of sp³-hybridized carbons (Fsp3) is 0.292. The van der Waals surface area contributed by atoms with E-state index < -0.39 is 6.03 Å². The lowest BCUT2D eigenvalue weighted by Crippen LogP contribution is -2.37. The Hall–Kier alpha value is -4.05. The van der Waals surface area contributed by atoms with Gasteiger partial charge in [-0.2, -0.15) is 0 Å². The van der Waals surface area contributed by atoms with Gasteiger partial charge in [0, 0.05) is 43.6 Å².